The van der Waals surface area contributed by atoms with Crippen molar-refractivity contribution in [1.82, 2.24) is 9.97 Å². The van der Waals surface area contributed by atoms with Gasteiger partial charge >= 0.3 is 0 Å². The standard InChI is InChI=1S/C16H22ClN3S/c1-3-12-9-13-14(19-16(17)20-15(13)21-12)18-10(2)11-7-5-4-6-8-11/h9-11H,3-8H2,1-2H3,(H,18,19,20). The first kappa shape index (κ1) is 15.0. The van der Waals surface area contributed by atoms with Crippen molar-refractivity contribution in [2.75, 3.05) is 5.32 Å². The SMILES string of the molecule is CCc1cc2c(NC(C)C3CCCCC3)nc(Cl)nc2s1. The summed E-state index contributed by atoms with van der Waals surface area (Å²) in [6.45, 7) is 4.43. The highest BCUT2D eigenvalue weighted by atomic mass is 35.5. The summed E-state index contributed by atoms with van der Waals surface area (Å²) in [5, 5.41) is 5.06. The molecule has 0 bridgehead atoms. The van der Waals surface area contributed by atoms with Gasteiger partial charge in [0.1, 0.15) is 10.6 Å². The second-order valence-electron chi connectivity index (χ2n) is 5.96. The molecule has 21 heavy (non-hydrogen) atoms. The predicted molar refractivity (Wildman–Crippen MR) is 91.5 cm³/mol. The molecule has 2 aromatic heterocycles. The van der Waals surface area contributed by atoms with Crippen LogP contribution in [0.15, 0.2) is 6.07 Å². The first-order valence-corrected chi connectivity index (χ1v) is 9.09. The monoisotopic (exact) mass is 323 g/mol. The molecule has 5 heteroatoms. The van der Waals surface area contributed by atoms with Gasteiger partial charge in [0.2, 0.25) is 5.28 Å². The maximum atomic E-state index is 6.09. The molecule has 1 aliphatic rings. The lowest BCUT2D eigenvalue weighted by Crippen LogP contribution is -2.28. The Hall–Kier alpha value is -0.870. The first-order valence-electron chi connectivity index (χ1n) is 7.90. The van der Waals surface area contributed by atoms with Crippen molar-refractivity contribution >= 4 is 39.0 Å². The zero-order valence-electron chi connectivity index (χ0n) is 12.7. The zero-order valence-corrected chi connectivity index (χ0v) is 14.2. The third-order valence-corrected chi connectivity index (χ3v) is 5.83. The van der Waals surface area contributed by atoms with E-state index in [0.717, 1.165) is 28.4 Å². The molecule has 0 aromatic carbocycles. The van der Waals surface area contributed by atoms with Gasteiger partial charge in [0.25, 0.3) is 0 Å². The van der Waals surface area contributed by atoms with Crippen LogP contribution in [0.1, 0.15) is 50.8 Å². The second kappa shape index (κ2) is 6.49. The molecule has 0 aliphatic heterocycles. The van der Waals surface area contributed by atoms with Crippen LogP contribution in [0, 0.1) is 5.92 Å². The Balaban J connectivity index is 1.86. The van der Waals surface area contributed by atoms with E-state index < -0.39 is 0 Å². The van der Waals surface area contributed by atoms with Crippen molar-refractivity contribution in [3.8, 4) is 0 Å². The quantitative estimate of drug-likeness (QED) is 0.777. The van der Waals surface area contributed by atoms with Crippen LogP contribution in [-0.2, 0) is 6.42 Å². The molecule has 3 rings (SSSR count). The van der Waals surface area contributed by atoms with E-state index in [4.69, 9.17) is 11.6 Å². The van der Waals surface area contributed by atoms with E-state index in [2.05, 4.69) is 35.2 Å². The van der Waals surface area contributed by atoms with Crippen molar-refractivity contribution in [2.45, 2.75) is 58.4 Å². The number of nitrogens with zero attached hydrogens (tertiary/aromatic N) is 2. The Morgan fingerprint density at radius 2 is 2.10 bits per heavy atom. The number of thiophene rings is 1. The Kier molecular flexibility index (Phi) is 4.65. The summed E-state index contributed by atoms with van der Waals surface area (Å²) in [7, 11) is 0. The van der Waals surface area contributed by atoms with Gasteiger partial charge in [-0.3, -0.25) is 0 Å². The van der Waals surface area contributed by atoms with Gasteiger partial charge in [-0.15, -0.1) is 11.3 Å². The van der Waals surface area contributed by atoms with Crippen molar-refractivity contribution in [3.05, 3.63) is 16.2 Å². The fourth-order valence-electron chi connectivity index (χ4n) is 3.20. The van der Waals surface area contributed by atoms with Crippen LogP contribution in [0.5, 0.6) is 0 Å². The minimum atomic E-state index is 0.338. The summed E-state index contributed by atoms with van der Waals surface area (Å²) in [5.41, 5.74) is 0. The van der Waals surface area contributed by atoms with E-state index in [1.165, 1.54) is 37.0 Å². The number of hydrogen-bond acceptors (Lipinski definition) is 4. The lowest BCUT2D eigenvalue weighted by Gasteiger charge is -2.28. The maximum Gasteiger partial charge on any atom is 0.225 e. The molecule has 1 saturated carbocycles. The normalized spacial score (nSPS) is 18.0. The first-order chi connectivity index (χ1) is 10.2. The summed E-state index contributed by atoms with van der Waals surface area (Å²) in [6, 6.07) is 2.64. The molecule has 0 saturated heterocycles. The summed E-state index contributed by atoms with van der Waals surface area (Å²) < 4.78 is 0. The molecule has 3 nitrogen and oxygen atoms in total. The van der Waals surface area contributed by atoms with Crippen molar-refractivity contribution in [1.29, 1.82) is 0 Å². The molecule has 114 valence electrons. The number of aromatic nitrogens is 2. The number of fused-ring (bicyclic) bond motifs is 1. The Bertz CT molecular complexity index is 619. The minimum Gasteiger partial charge on any atom is -0.367 e. The lowest BCUT2D eigenvalue weighted by atomic mass is 9.84. The van der Waals surface area contributed by atoms with Gasteiger partial charge < -0.3 is 5.32 Å². The predicted octanol–water partition coefficient (Wildman–Crippen LogP) is 5.29. The van der Waals surface area contributed by atoms with E-state index in [-0.39, 0.29) is 0 Å². The maximum absolute atomic E-state index is 6.09. The fourth-order valence-corrected chi connectivity index (χ4v) is 4.38. The Morgan fingerprint density at radius 1 is 1.33 bits per heavy atom. The molecule has 1 fully saturated rings. The van der Waals surface area contributed by atoms with Gasteiger partial charge in [0.15, 0.2) is 0 Å². The van der Waals surface area contributed by atoms with Gasteiger partial charge in [0.05, 0.1) is 5.39 Å². The largest absolute Gasteiger partial charge is 0.367 e. The third kappa shape index (κ3) is 3.32. The van der Waals surface area contributed by atoms with Crippen LogP contribution in [0.25, 0.3) is 10.2 Å². The molecule has 1 N–H and O–H groups in total. The van der Waals surface area contributed by atoms with Crippen LogP contribution in [0.4, 0.5) is 5.82 Å². The van der Waals surface area contributed by atoms with E-state index in [1.54, 1.807) is 11.3 Å². The number of nitrogens with one attached hydrogen (secondary N) is 1. The van der Waals surface area contributed by atoms with Crippen LogP contribution in [-0.4, -0.2) is 16.0 Å². The summed E-state index contributed by atoms with van der Waals surface area (Å²) in [4.78, 5) is 11.1. The number of hydrogen-bond donors (Lipinski definition) is 1. The van der Waals surface area contributed by atoms with Gasteiger partial charge in [-0.1, -0.05) is 26.2 Å². The molecule has 0 spiro atoms. The molecule has 0 radical (unpaired) electrons. The van der Waals surface area contributed by atoms with Crippen molar-refractivity contribution < 1.29 is 0 Å². The van der Waals surface area contributed by atoms with Gasteiger partial charge in [-0.05, 0) is 49.8 Å². The van der Waals surface area contributed by atoms with Crippen LogP contribution >= 0.6 is 22.9 Å². The smallest absolute Gasteiger partial charge is 0.225 e. The Labute approximate surface area is 135 Å². The van der Waals surface area contributed by atoms with Gasteiger partial charge in [-0.2, -0.15) is 0 Å². The average Bonchev–Trinajstić information content (AvgIpc) is 2.91. The molecular formula is C16H22ClN3S. The van der Waals surface area contributed by atoms with Gasteiger partial charge in [0, 0.05) is 10.9 Å². The number of aryl methyl sites for hydroxylation is 1. The molecule has 1 unspecified atom stereocenters. The van der Waals surface area contributed by atoms with Crippen LogP contribution in [0.3, 0.4) is 0 Å². The fraction of sp³-hybridized carbons (Fsp3) is 0.625. The second-order valence-corrected chi connectivity index (χ2v) is 7.41. The third-order valence-electron chi connectivity index (χ3n) is 4.49. The molecule has 1 atom stereocenters. The number of anilines is 1. The van der Waals surface area contributed by atoms with Gasteiger partial charge in [-0.25, -0.2) is 9.97 Å². The summed E-state index contributed by atoms with van der Waals surface area (Å²) in [6.07, 6.45) is 7.76. The van der Waals surface area contributed by atoms with Crippen LogP contribution < -0.4 is 5.32 Å². The highest BCUT2D eigenvalue weighted by Gasteiger charge is 2.21. The lowest BCUT2D eigenvalue weighted by molar-refractivity contribution is 0.328. The van der Waals surface area contributed by atoms with E-state index in [9.17, 15) is 0 Å². The van der Waals surface area contributed by atoms with E-state index in [1.807, 2.05) is 0 Å². The molecule has 0 amide bonds. The minimum absolute atomic E-state index is 0.338. The zero-order chi connectivity index (χ0) is 14.8. The topological polar surface area (TPSA) is 37.8 Å². The molecule has 2 heterocycles. The van der Waals surface area contributed by atoms with E-state index in [0.29, 0.717) is 11.3 Å². The summed E-state index contributed by atoms with van der Waals surface area (Å²) >= 11 is 7.80. The highest BCUT2D eigenvalue weighted by Crippen LogP contribution is 2.33. The number of halogens is 1. The highest BCUT2D eigenvalue weighted by molar-refractivity contribution is 7.18. The Morgan fingerprint density at radius 3 is 2.81 bits per heavy atom. The van der Waals surface area contributed by atoms with Crippen molar-refractivity contribution in [3.63, 3.8) is 0 Å². The molecule has 2 aromatic rings. The molecular weight excluding hydrogens is 302 g/mol. The molecule has 1 aliphatic carbocycles. The summed E-state index contributed by atoms with van der Waals surface area (Å²) in [5.74, 6) is 1.64. The van der Waals surface area contributed by atoms with E-state index >= 15 is 0 Å². The van der Waals surface area contributed by atoms with Crippen molar-refractivity contribution in [2.24, 2.45) is 5.92 Å². The average molecular weight is 324 g/mol. The van der Waals surface area contributed by atoms with Crippen LogP contribution in [0.2, 0.25) is 5.28 Å². The number of rotatable bonds is 4.